The second-order valence-electron chi connectivity index (χ2n) is 7.83. The topological polar surface area (TPSA) is 30.5 Å². The summed E-state index contributed by atoms with van der Waals surface area (Å²) in [6.45, 7) is 5.27. The summed E-state index contributed by atoms with van der Waals surface area (Å²) in [6, 6.07) is 17.4. The van der Waals surface area contributed by atoms with Gasteiger partial charge < -0.3 is 15.5 Å². The summed E-state index contributed by atoms with van der Waals surface area (Å²) in [5.74, 6) is -0.460. The Balaban J connectivity index is 1.42. The molecule has 1 fully saturated rings. The zero-order valence-corrected chi connectivity index (χ0v) is 19.4. The van der Waals surface area contributed by atoms with E-state index in [1.54, 1.807) is 29.5 Å². The Morgan fingerprint density at radius 3 is 2.34 bits per heavy atom. The number of benzene rings is 2. The summed E-state index contributed by atoms with van der Waals surface area (Å²) < 4.78 is 27.4. The van der Waals surface area contributed by atoms with E-state index < -0.39 is 0 Å². The molecule has 168 valence electrons. The summed E-state index contributed by atoms with van der Waals surface area (Å²) in [5, 5.41) is 9.10. The molecule has 4 nitrogen and oxygen atoms in total. The zero-order chi connectivity index (χ0) is 22.5. The van der Waals surface area contributed by atoms with Crippen molar-refractivity contribution in [1.82, 2.24) is 10.2 Å². The molecule has 0 spiro atoms. The van der Waals surface area contributed by atoms with Gasteiger partial charge in [-0.25, -0.2) is 8.78 Å². The van der Waals surface area contributed by atoms with Crippen LogP contribution in [0.25, 0.3) is 0 Å². The van der Waals surface area contributed by atoms with Crippen LogP contribution in [0.3, 0.4) is 0 Å². The van der Waals surface area contributed by atoms with Crippen LogP contribution in [0.15, 0.2) is 66.0 Å². The van der Waals surface area contributed by atoms with Crippen molar-refractivity contribution in [1.29, 1.82) is 0 Å². The fraction of sp³-hybridized carbons (Fsp3) is 0.292. The van der Waals surface area contributed by atoms with Gasteiger partial charge >= 0.3 is 0 Å². The molecule has 2 unspecified atom stereocenters. The van der Waals surface area contributed by atoms with Crippen LogP contribution < -0.4 is 15.5 Å². The second kappa shape index (κ2) is 10.4. The molecular formula is C24H26F2N4S2. The number of rotatable bonds is 6. The summed E-state index contributed by atoms with van der Waals surface area (Å²) in [6.07, 6.45) is 0. The molecule has 1 aliphatic heterocycles. The van der Waals surface area contributed by atoms with E-state index >= 15 is 0 Å². The molecule has 4 rings (SSSR count). The lowest BCUT2D eigenvalue weighted by atomic mass is 10.0. The summed E-state index contributed by atoms with van der Waals surface area (Å²) in [5.41, 5.74) is 1.40. The highest BCUT2D eigenvalue weighted by Crippen LogP contribution is 2.30. The van der Waals surface area contributed by atoms with Gasteiger partial charge in [-0.05, 0) is 67.0 Å². The first-order chi connectivity index (χ1) is 15.5. The Hall–Kier alpha value is -2.55. The number of hydrogen-bond acceptors (Lipinski definition) is 4. The Labute approximate surface area is 196 Å². The van der Waals surface area contributed by atoms with Gasteiger partial charge in [-0.15, -0.1) is 11.3 Å². The van der Waals surface area contributed by atoms with Crippen LogP contribution in [0.4, 0.5) is 20.2 Å². The van der Waals surface area contributed by atoms with Gasteiger partial charge in [0.25, 0.3) is 0 Å². The third kappa shape index (κ3) is 5.43. The van der Waals surface area contributed by atoms with Crippen molar-refractivity contribution in [3.8, 4) is 0 Å². The average molecular weight is 473 g/mol. The van der Waals surface area contributed by atoms with Crippen molar-refractivity contribution in [3.05, 3.63) is 82.6 Å². The lowest BCUT2D eigenvalue weighted by molar-refractivity contribution is 0.163. The monoisotopic (exact) mass is 472 g/mol. The fourth-order valence-corrected chi connectivity index (χ4v) is 5.41. The molecule has 32 heavy (non-hydrogen) atoms. The first-order valence-electron chi connectivity index (χ1n) is 10.6. The Bertz CT molecular complexity index is 1020. The third-order valence-corrected chi connectivity index (χ3v) is 6.83. The van der Waals surface area contributed by atoms with Gasteiger partial charge in [-0.1, -0.05) is 18.2 Å². The van der Waals surface area contributed by atoms with Crippen molar-refractivity contribution in [2.24, 2.45) is 0 Å². The number of hydrogen-bond donors (Lipinski definition) is 2. The molecule has 2 heterocycles. The molecule has 0 aliphatic carbocycles. The molecule has 0 saturated carbocycles. The van der Waals surface area contributed by atoms with E-state index in [1.807, 2.05) is 12.1 Å². The molecule has 3 aromatic rings. The lowest BCUT2D eigenvalue weighted by Gasteiger charge is -2.42. The van der Waals surface area contributed by atoms with Gasteiger partial charge in [-0.3, -0.25) is 4.90 Å². The van der Waals surface area contributed by atoms with Crippen LogP contribution in [0, 0.1) is 11.6 Å². The van der Waals surface area contributed by atoms with Crippen molar-refractivity contribution >= 4 is 40.0 Å². The van der Waals surface area contributed by atoms with E-state index in [-0.39, 0.29) is 23.7 Å². The van der Waals surface area contributed by atoms with Gasteiger partial charge in [-0.2, -0.15) is 0 Å². The molecular weight excluding hydrogens is 446 g/mol. The van der Waals surface area contributed by atoms with E-state index in [0.29, 0.717) is 10.8 Å². The van der Waals surface area contributed by atoms with E-state index in [9.17, 15) is 8.78 Å². The van der Waals surface area contributed by atoms with E-state index in [4.69, 9.17) is 12.2 Å². The summed E-state index contributed by atoms with van der Waals surface area (Å²) >= 11 is 7.24. The highest BCUT2D eigenvalue weighted by atomic mass is 32.1. The molecule has 2 aromatic carbocycles. The van der Waals surface area contributed by atoms with Gasteiger partial charge in [0.05, 0.1) is 11.7 Å². The summed E-state index contributed by atoms with van der Waals surface area (Å²) in [7, 11) is 0. The number of thiocarbonyl (C=S) groups is 1. The van der Waals surface area contributed by atoms with Crippen LogP contribution in [0.2, 0.25) is 0 Å². The minimum atomic E-state index is -0.282. The molecule has 1 aromatic heterocycles. The van der Waals surface area contributed by atoms with Crippen LogP contribution >= 0.6 is 23.6 Å². The highest BCUT2D eigenvalue weighted by molar-refractivity contribution is 7.80. The number of anilines is 2. The maximum atomic E-state index is 14.2. The number of piperazine rings is 1. The number of thiophene rings is 1. The van der Waals surface area contributed by atoms with Gasteiger partial charge in [0, 0.05) is 42.8 Å². The molecule has 0 radical (unpaired) electrons. The molecule has 0 bridgehead atoms. The molecule has 2 N–H and O–H groups in total. The van der Waals surface area contributed by atoms with Crippen LogP contribution in [0.5, 0.6) is 0 Å². The zero-order valence-electron chi connectivity index (χ0n) is 17.8. The third-order valence-electron chi connectivity index (χ3n) is 5.67. The first kappa shape index (κ1) is 22.6. The van der Waals surface area contributed by atoms with Crippen molar-refractivity contribution in [2.75, 3.05) is 36.4 Å². The fourth-order valence-electron chi connectivity index (χ4n) is 4.14. The largest absolute Gasteiger partial charge is 0.367 e. The Morgan fingerprint density at radius 2 is 1.69 bits per heavy atom. The number of para-hydroxylation sites is 1. The molecule has 0 amide bonds. The average Bonchev–Trinajstić information content (AvgIpc) is 3.31. The second-order valence-corrected chi connectivity index (χ2v) is 9.22. The maximum Gasteiger partial charge on any atom is 0.171 e. The van der Waals surface area contributed by atoms with E-state index in [2.05, 4.69) is 44.9 Å². The molecule has 1 saturated heterocycles. The van der Waals surface area contributed by atoms with Crippen LogP contribution in [0.1, 0.15) is 17.8 Å². The Morgan fingerprint density at radius 1 is 0.969 bits per heavy atom. The lowest BCUT2D eigenvalue weighted by Crippen LogP contribution is -2.52. The normalized spacial score (nSPS) is 16.4. The van der Waals surface area contributed by atoms with Crippen LogP contribution in [-0.2, 0) is 0 Å². The predicted octanol–water partition coefficient (Wildman–Crippen LogP) is 5.26. The SMILES string of the molecule is CC(NC(=S)Nc1ccc(F)cc1)C(c1cccs1)N1CCN(c2ccccc2F)CC1. The minimum absolute atomic E-state index is 0.0362. The molecule has 1 aliphatic rings. The van der Waals surface area contributed by atoms with E-state index in [0.717, 1.165) is 31.9 Å². The van der Waals surface area contributed by atoms with Gasteiger partial charge in [0.2, 0.25) is 0 Å². The predicted molar refractivity (Wildman–Crippen MR) is 132 cm³/mol. The highest BCUT2D eigenvalue weighted by Gasteiger charge is 2.31. The quantitative estimate of drug-likeness (QED) is 0.478. The van der Waals surface area contributed by atoms with Crippen LogP contribution in [-0.4, -0.2) is 42.2 Å². The van der Waals surface area contributed by atoms with Crippen molar-refractivity contribution in [2.45, 2.75) is 19.0 Å². The molecule has 2 atom stereocenters. The van der Waals surface area contributed by atoms with Crippen molar-refractivity contribution in [3.63, 3.8) is 0 Å². The number of nitrogens with one attached hydrogen (secondary N) is 2. The number of nitrogens with zero attached hydrogens (tertiary/aromatic N) is 2. The van der Waals surface area contributed by atoms with Gasteiger partial charge in [0.1, 0.15) is 11.6 Å². The van der Waals surface area contributed by atoms with E-state index in [1.165, 1.54) is 23.1 Å². The molecule has 8 heteroatoms. The standard InChI is InChI=1S/C24H26F2N4S2/c1-17(27-24(31)28-19-10-8-18(25)9-11-19)23(22-7-4-16-32-22)30-14-12-29(13-15-30)21-6-3-2-5-20(21)26/h2-11,16-17,23H,12-15H2,1H3,(H2,27,28,31). The first-order valence-corrected chi connectivity index (χ1v) is 11.9. The minimum Gasteiger partial charge on any atom is -0.367 e. The summed E-state index contributed by atoms with van der Waals surface area (Å²) in [4.78, 5) is 5.80. The number of halogens is 2. The maximum absolute atomic E-state index is 14.2. The van der Waals surface area contributed by atoms with Gasteiger partial charge in [0.15, 0.2) is 5.11 Å². The smallest absolute Gasteiger partial charge is 0.171 e. The van der Waals surface area contributed by atoms with Crippen molar-refractivity contribution < 1.29 is 8.78 Å². The Kier molecular flexibility index (Phi) is 7.34.